The van der Waals surface area contributed by atoms with Crippen LogP contribution in [0, 0.1) is 11.7 Å². The van der Waals surface area contributed by atoms with Crippen molar-refractivity contribution in [2.24, 2.45) is 11.7 Å². The number of halogens is 1. The maximum absolute atomic E-state index is 13.2. The van der Waals surface area contributed by atoms with E-state index in [4.69, 9.17) is 5.73 Å². The van der Waals surface area contributed by atoms with E-state index in [2.05, 4.69) is 12.2 Å². The minimum atomic E-state index is -0.142. The Morgan fingerprint density at radius 1 is 1.40 bits per heavy atom. The van der Waals surface area contributed by atoms with Gasteiger partial charge < -0.3 is 11.1 Å². The number of benzene rings is 1. The van der Waals surface area contributed by atoms with E-state index in [-0.39, 0.29) is 5.82 Å². The monoisotopic (exact) mass is 210 g/mol. The molecule has 0 bridgehead atoms. The van der Waals surface area contributed by atoms with Gasteiger partial charge in [0.25, 0.3) is 0 Å². The molecule has 0 radical (unpaired) electrons. The molecule has 0 aliphatic carbocycles. The molecule has 15 heavy (non-hydrogen) atoms. The molecule has 0 saturated heterocycles. The van der Waals surface area contributed by atoms with Crippen molar-refractivity contribution in [2.75, 3.05) is 13.1 Å². The molecule has 3 heteroatoms. The van der Waals surface area contributed by atoms with E-state index in [9.17, 15) is 4.39 Å². The van der Waals surface area contributed by atoms with Gasteiger partial charge in [0, 0.05) is 12.1 Å². The summed E-state index contributed by atoms with van der Waals surface area (Å²) in [6.45, 7) is 4.32. The summed E-state index contributed by atoms with van der Waals surface area (Å²) in [6, 6.07) is 6.84. The molecule has 1 rings (SSSR count). The van der Waals surface area contributed by atoms with Gasteiger partial charge in [-0.15, -0.1) is 0 Å². The van der Waals surface area contributed by atoms with Crippen molar-refractivity contribution in [2.45, 2.75) is 19.9 Å². The Morgan fingerprint density at radius 3 is 2.80 bits per heavy atom. The van der Waals surface area contributed by atoms with Crippen LogP contribution in [0.25, 0.3) is 0 Å². The molecule has 1 aromatic carbocycles. The Kier molecular flexibility index (Phi) is 5.29. The van der Waals surface area contributed by atoms with Crippen molar-refractivity contribution in [3.05, 3.63) is 35.6 Å². The number of hydrogen-bond donors (Lipinski definition) is 2. The lowest BCUT2D eigenvalue weighted by Crippen LogP contribution is -2.22. The lowest BCUT2D eigenvalue weighted by atomic mass is 10.1. The van der Waals surface area contributed by atoms with Crippen LogP contribution in [-0.2, 0) is 6.54 Å². The number of nitrogens with two attached hydrogens (primary N) is 1. The van der Waals surface area contributed by atoms with E-state index in [0.717, 1.165) is 18.5 Å². The molecule has 0 spiro atoms. The third kappa shape index (κ3) is 4.40. The average Bonchev–Trinajstić information content (AvgIpc) is 2.21. The van der Waals surface area contributed by atoms with E-state index < -0.39 is 0 Å². The van der Waals surface area contributed by atoms with Gasteiger partial charge in [-0.05, 0) is 31.5 Å². The summed E-state index contributed by atoms with van der Waals surface area (Å²) < 4.78 is 13.2. The standard InChI is InChI=1S/C12H19FN2/c1-10(6-7-14)8-15-9-11-4-2-3-5-12(11)13/h2-5,10,15H,6-9,14H2,1H3. The first-order valence-electron chi connectivity index (χ1n) is 5.38. The number of hydrogen-bond acceptors (Lipinski definition) is 2. The van der Waals surface area contributed by atoms with Gasteiger partial charge in [-0.25, -0.2) is 4.39 Å². The van der Waals surface area contributed by atoms with Crippen LogP contribution in [0.1, 0.15) is 18.9 Å². The Labute approximate surface area is 90.7 Å². The molecule has 1 aromatic rings. The second kappa shape index (κ2) is 6.53. The summed E-state index contributed by atoms with van der Waals surface area (Å²) in [5.41, 5.74) is 6.17. The highest BCUT2D eigenvalue weighted by atomic mass is 19.1. The molecule has 0 amide bonds. The molecule has 0 saturated carbocycles. The highest BCUT2D eigenvalue weighted by Gasteiger charge is 2.02. The van der Waals surface area contributed by atoms with Crippen LogP contribution in [-0.4, -0.2) is 13.1 Å². The fraction of sp³-hybridized carbons (Fsp3) is 0.500. The Bertz CT molecular complexity index is 289. The molecule has 3 N–H and O–H groups in total. The predicted molar refractivity (Wildman–Crippen MR) is 60.9 cm³/mol. The van der Waals surface area contributed by atoms with Crippen molar-refractivity contribution in [1.29, 1.82) is 0 Å². The van der Waals surface area contributed by atoms with Gasteiger partial charge in [-0.3, -0.25) is 0 Å². The maximum Gasteiger partial charge on any atom is 0.127 e. The summed E-state index contributed by atoms with van der Waals surface area (Å²) in [7, 11) is 0. The molecule has 1 unspecified atom stereocenters. The highest BCUT2D eigenvalue weighted by Crippen LogP contribution is 2.06. The van der Waals surface area contributed by atoms with E-state index in [1.807, 2.05) is 6.07 Å². The SMILES string of the molecule is CC(CCN)CNCc1ccccc1F. The zero-order valence-electron chi connectivity index (χ0n) is 9.17. The summed E-state index contributed by atoms with van der Waals surface area (Å²) in [4.78, 5) is 0. The lowest BCUT2D eigenvalue weighted by Gasteiger charge is -2.11. The fourth-order valence-electron chi connectivity index (χ4n) is 1.48. The zero-order chi connectivity index (χ0) is 11.1. The summed E-state index contributed by atoms with van der Waals surface area (Å²) in [5.74, 6) is 0.401. The van der Waals surface area contributed by atoms with E-state index in [0.29, 0.717) is 19.0 Å². The Morgan fingerprint density at radius 2 is 2.13 bits per heavy atom. The molecule has 0 aliphatic rings. The minimum Gasteiger partial charge on any atom is -0.330 e. The van der Waals surface area contributed by atoms with Gasteiger partial charge in [-0.2, -0.15) is 0 Å². The summed E-state index contributed by atoms with van der Waals surface area (Å²) in [5, 5.41) is 3.23. The van der Waals surface area contributed by atoms with Gasteiger partial charge in [0.1, 0.15) is 5.82 Å². The number of rotatable bonds is 6. The third-order valence-electron chi connectivity index (χ3n) is 2.43. The van der Waals surface area contributed by atoms with Crippen molar-refractivity contribution in [3.63, 3.8) is 0 Å². The normalized spacial score (nSPS) is 12.7. The molecule has 0 aromatic heterocycles. The minimum absolute atomic E-state index is 0.142. The average molecular weight is 210 g/mol. The van der Waals surface area contributed by atoms with Crippen LogP contribution >= 0.6 is 0 Å². The maximum atomic E-state index is 13.2. The molecule has 2 nitrogen and oxygen atoms in total. The topological polar surface area (TPSA) is 38.0 Å². The highest BCUT2D eigenvalue weighted by molar-refractivity contribution is 5.16. The van der Waals surface area contributed by atoms with Crippen molar-refractivity contribution in [3.8, 4) is 0 Å². The summed E-state index contributed by atoms with van der Waals surface area (Å²) >= 11 is 0. The van der Waals surface area contributed by atoms with E-state index in [1.54, 1.807) is 12.1 Å². The Hall–Kier alpha value is -0.930. The second-order valence-corrected chi connectivity index (χ2v) is 3.90. The van der Waals surface area contributed by atoms with Crippen molar-refractivity contribution >= 4 is 0 Å². The van der Waals surface area contributed by atoms with Gasteiger partial charge in [-0.1, -0.05) is 25.1 Å². The van der Waals surface area contributed by atoms with Gasteiger partial charge >= 0.3 is 0 Å². The smallest absolute Gasteiger partial charge is 0.127 e. The largest absolute Gasteiger partial charge is 0.330 e. The first-order valence-corrected chi connectivity index (χ1v) is 5.38. The van der Waals surface area contributed by atoms with Crippen molar-refractivity contribution < 1.29 is 4.39 Å². The molecule has 0 aliphatic heterocycles. The van der Waals surface area contributed by atoms with Crippen LogP contribution in [0.4, 0.5) is 4.39 Å². The molecule has 0 heterocycles. The Balaban J connectivity index is 2.29. The second-order valence-electron chi connectivity index (χ2n) is 3.90. The van der Waals surface area contributed by atoms with Crippen LogP contribution in [0.2, 0.25) is 0 Å². The molecular formula is C12H19FN2. The molecular weight excluding hydrogens is 191 g/mol. The van der Waals surface area contributed by atoms with Crippen molar-refractivity contribution in [1.82, 2.24) is 5.32 Å². The lowest BCUT2D eigenvalue weighted by molar-refractivity contribution is 0.481. The van der Waals surface area contributed by atoms with Gasteiger partial charge in [0.2, 0.25) is 0 Å². The van der Waals surface area contributed by atoms with Crippen LogP contribution in [0.3, 0.4) is 0 Å². The first-order chi connectivity index (χ1) is 7.24. The summed E-state index contributed by atoms with van der Waals surface area (Å²) in [6.07, 6.45) is 1.00. The fourth-order valence-corrected chi connectivity index (χ4v) is 1.48. The van der Waals surface area contributed by atoms with E-state index >= 15 is 0 Å². The van der Waals surface area contributed by atoms with Crippen LogP contribution in [0.5, 0.6) is 0 Å². The zero-order valence-corrected chi connectivity index (χ0v) is 9.17. The van der Waals surface area contributed by atoms with Crippen LogP contribution in [0.15, 0.2) is 24.3 Å². The van der Waals surface area contributed by atoms with Crippen LogP contribution < -0.4 is 11.1 Å². The molecule has 84 valence electrons. The quantitative estimate of drug-likeness (QED) is 0.752. The van der Waals surface area contributed by atoms with E-state index in [1.165, 1.54) is 6.07 Å². The molecule has 1 atom stereocenters. The number of nitrogens with one attached hydrogen (secondary N) is 1. The van der Waals surface area contributed by atoms with Gasteiger partial charge in [0.05, 0.1) is 0 Å². The third-order valence-corrected chi connectivity index (χ3v) is 2.43. The molecule has 0 fully saturated rings. The van der Waals surface area contributed by atoms with Gasteiger partial charge in [0.15, 0.2) is 0 Å². The first kappa shape index (κ1) is 12.1. The predicted octanol–water partition coefficient (Wildman–Crippen LogP) is 1.90.